The molecule has 1 aromatic heterocycles. The van der Waals surface area contributed by atoms with E-state index in [0.29, 0.717) is 18.5 Å². The molecule has 1 aliphatic rings. The summed E-state index contributed by atoms with van der Waals surface area (Å²) in [6, 6.07) is 6.81. The zero-order valence-corrected chi connectivity index (χ0v) is 13.8. The number of hydrogen-bond donors (Lipinski definition) is 2. The molecule has 1 fully saturated rings. The molecule has 2 N–H and O–H groups in total. The van der Waals surface area contributed by atoms with Crippen LogP contribution in [0.4, 0.5) is 0 Å². The van der Waals surface area contributed by atoms with Gasteiger partial charge in [0, 0.05) is 18.2 Å². The molecule has 1 saturated carbocycles. The highest BCUT2D eigenvalue weighted by atomic mass is 16.1. The highest BCUT2D eigenvalue weighted by molar-refractivity contribution is 5.83. The smallest absolute Gasteiger partial charge is 0.252 e. The number of rotatable bonds is 3. The van der Waals surface area contributed by atoms with Crippen molar-refractivity contribution < 1.29 is 0 Å². The third kappa shape index (κ3) is 2.95. The molecule has 0 saturated heterocycles. The third-order valence-corrected chi connectivity index (χ3v) is 5.29. The van der Waals surface area contributed by atoms with E-state index in [1.165, 1.54) is 31.2 Å². The molecule has 3 rings (SSSR count). The summed E-state index contributed by atoms with van der Waals surface area (Å²) in [5, 5.41) is 4.72. The van der Waals surface area contributed by atoms with Gasteiger partial charge in [-0.05, 0) is 55.2 Å². The molecule has 1 aliphatic carbocycles. The second-order valence-electron chi connectivity index (χ2n) is 6.84. The molecule has 2 aromatic rings. The van der Waals surface area contributed by atoms with E-state index in [1.54, 1.807) is 0 Å². The number of nitrogens with one attached hydrogen (secondary N) is 2. The maximum atomic E-state index is 12.4. The van der Waals surface area contributed by atoms with E-state index in [9.17, 15) is 4.79 Å². The molecule has 2 atom stereocenters. The minimum absolute atomic E-state index is 0.0390. The van der Waals surface area contributed by atoms with E-state index < -0.39 is 0 Å². The van der Waals surface area contributed by atoms with E-state index in [1.807, 2.05) is 6.07 Å². The van der Waals surface area contributed by atoms with Crippen molar-refractivity contribution in [1.29, 1.82) is 0 Å². The lowest BCUT2D eigenvalue weighted by molar-refractivity contribution is 0.279. The predicted octanol–water partition coefficient (Wildman–Crippen LogP) is 3.81. The van der Waals surface area contributed by atoms with Crippen molar-refractivity contribution in [3.8, 4) is 0 Å². The number of H-pyrrole nitrogens is 1. The molecule has 3 nitrogen and oxygen atoms in total. The fourth-order valence-electron chi connectivity index (χ4n) is 3.56. The van der Waals surface area contributed by atoms with Crippen molar-refractivity contribution in [2.45, 2.75) is 59.0 Å². The molecule has 0 radical (unpaired) electrons. The van der Waals surface area contributed by atoms with E-state index in [2.05, 4.69) is 43.2 Å². The number of aryl methyl sites for hydroxylation is 2. The lowest BCUT2D eigenvalue weighted by Crippen LogP contribution is -2.37. The third-order valence-electron chi connectivity index (χ3n) is 5.29. The maximum absolute atomic E-state index is 12.4. The van der Waals surface area contributed by atoms with Gasteiger partial charge >= 0.3 is 0 Å². The standard InChI is InChI=1S/C19H26N2O/c1-12-8-9-15-10-16(19(22)21-18(15)14(12)3)11-20-17-7-5-4-6-13(17)2/h8-10,13,17,20H,4-7,11H2,1-3H3,(H,21,22)/t13-,17+/m0/s1. The predicted molar refractivity (Wildman–Crippen MR) is 92.3 cm³/mol. The first-order valence-electron chi connectivity index (χ1n) is 8.42. The number of aromatic nitrogens is 1. The maximum Gasteiger partial charge on any atom is 0.252 e. The lowest BCUT2D eigenvalue weighted by Gasteiger charge is -2.29. The monoisotopic (exact) mass is 298 g/mol. The Morgan fingerprint density at radius 1 is 1.23 bits per heavy atom. The Balaban J connectivity index is 1.83. The van der Waals surface area contributed by atoms with Crippen molar-refractivity contribution >= 4 is 10.9 Å². The Kier molecular flexibility index (Phi) is 4.34. The summed E-state index contributed by atoms with van der Waals surface area (Å²) in [5.74, 6) is 0.707. The van der Waals surface area contributed by atoms with Crippen molar-refractivity contribution in [3.05, 3.63) is 45.2 Å². The number of fused-ring (bicyclic) bond motifs is 1. The van der Waals surface area contributed by atoms with Crippen molar-refractivity contribution in [3.63, 3.8) is 0 Å². The fourth-order valence-corrected chi connectivity index (χ4v) is 3.56. The van der Waals surface area contributed by atoms with Crippen LogP contribution in [0.25, 0.3) is 10.9 Å². The molecular formula is C19H26N2O. The fraction of sp³-hybridized carbons (Fsp3) is 0.526. The summed E-state index contributed by atoms with van der Waals surface area (Å²) in [6.07, 6.45) is 5.16. The van der Waals surface area contributed by atoms with Crippen molar-refractivity contribution in [1.82, 2.24) is 10.3 Å². The number of pyridine rings is 1. The summed E-state index contributed by atoms with van der Waals surface area (Å²) >= 11 is 0. The van der Waals surface area contributed by atoms with Crippen LogP contribution in [0.1, 0.15) is 49.3 Å². The summed E-state index contributed by atoms with van der Waals surface area (Å²) in [6.45, 7) is 7.11. The van der Waals surface area contributed by atoms with Gasteiger partial charge in [-0.3, -0.25) is 4.79 Å². The molecule has 0 bridgehead atoms. The Labute approximate surface area is 132 Å². The summed E-state index contributed by atoms with van der Waals surface area (Å²) in [5.41, 5.74) is 4.23. The van der Waals surface area contributed by atoms with Crippen LogP contribution in [0.3, 0.4) is 0 Å². The highest BCUT2D eigenvalue weighted by Crippen LogP contribution is 2.24. The number of benzene rings is 1. The zero-order chi connectivity index (χ0) is 15.7. The van der Waals surface area contributed by atoms with Crippen LogP contribution in [-0.4, -0.2) is 11.0 Å². The van der Waals surface area contributed by atoms with Crippen LogP contribution < -0.4 is 10.9 Å². The van der Waals surface area contributed by atoms with Gasteiger partial charge in [0.2, 0.25) is 0 Å². The quantitative estimate of drug-likeness (QED) is 0.905. The van der Waals surface area contributed by atoms with Gasteiger partial charge in [0.1, 0.15) is 0 Å². The normalized spacial score (nSPS) is 22.1. The molecular weight excluding hydrogens is 272 g/mol. The first kappa shape index (κ1) is 15.3. The average molecular weight is 298 g/mol. The molecule has 118 valence electrons. The summed E-state index contributed by atoms with van der Waals surface area (Å²) in [7, 11) is 0. The van der Waals surface area contributed by atoms with Gasteiger partial charge in [-0.2, -0.15) is 0 Å². The average Bonchev–Trinajstić information content (AvgIpc) is 2.51. The minimum atomic E-state index is 0.0390. The van der Waals surface area contributed by atoms with E-state index in [0.717, 1.165) is 22.0 Å². The van der Waals surface area contributed by atoms with Crippen LogP contribution in [0.5, 0.6) is 0 Å². The molecule has 1 aromatic carbocycles. The van der Waals surface area contributed by atoms with Gasteiger partial charge in [0.15, 0.2) is 0 Å². The van der Waals surface area contributed by atoms with Gasteiger partial charge in [0.25, 0.3) is 5.56 Å². The topological polar surface area (TPSA) is 44.9 Å². The highest BCUT2D eigenvalue weighted by Gasteiger charge is 2.20. The minimum Gasteiger partial charge on any atom is -0.321 e. The van der Waals surface area contributed by atoms with Gasteiger partial charge < -0.3 is 10.3 Å². The molecule has 0 unspecified atom stereocenters. The van der Waals surface area contributed by atoms with Crippen LogP contribution in [0, 0.1) is 19.8 Å². The number of aromatic amines is 1. The Morgan fingerprint density at radius 3 is 2.77 bits per heavy atom. The molecule has 0 aliphatic heterocycles. The number of hydrogen-bond acceptors (Lipinski definition) is 2. The van der Waals surface area contributed by atoms with Crippen molar-refractivity contribution in [2.75, 3.05) is 0 Å². The van der Waals surface area contributed by atoms with Crippen LogP contribution in [0.15, 0.2) is 23.0 Å². The molecule has 22 heavy (non-hydrogen) atoms. The largest absolute Gasteiger partial charge is 0.321 e. The van der Waals surface area contributed by atoms with E-state index >= 15 is 0 Å². The molecule has 3 heteroatoms. The molecule has 1 heterocycles. The SMILES string of the molecule is Cc1ccc2cc(CN[C@@H]3CCCC[C@@H]3C)c(=O)[nH]c2c1C. The lowest BCUT2D eigenvalue weighted by atomic mass is 9.86. The van der Waals surface area contributed by atoms with Crippen molar-refractivity contribution in [2.24, 2.45) is 5.92 Å². The van der Waals surface area contributed by atoms with E-state index in [4.69, 9.17) is 0 Å². The Bertz CT molecular complexity index is 732. The molecule has 0 spiro atoms. The Morgan fingerprint density at radius 2 is 2.00 bits per heavy atom. The van der Waals surface area contributed by atoms with Crippen LogP contribution in [-0.2, 0) is 6.54 Å². The summed E-state index contributed by atoms with van der Waals surface area (Å²) < 4.78 is 0. The second kappa shape index (κ2) is 6.25. The van der Waals surface area contributed by atoms with Gasteiger partial charge in [0.05, 0.1) is 5.52 Å². The molecule has 0 amide bonds. The van der Waals surface area contributed by atoms with Crippen LogP contribution >= 0.6 is 0 Å². The zero-order valence-electron chi connectivity index (χ0n) is 13.8. The Hall–Kier alpha value is -1.61. The summed E-state index contributed by atoms with van der Waals surface area (Å²) in [4.78, 5) is 15.4. The van der Waals surface area contributed by atoms with Crippen LogP contribution in [0.2, 0.25) is 0 Å². The first-order chi connectivity index (χ1) is 10.6. The first-order valence-corrected chi connectivity index (χ1v) is 8.42. The van der Waals surface area contributed by atoms with Gasteiger partial charge in [-0.1, -0.05) is 31.9 Å². The van der Waals surface area contributed by atoms with Gasteiger partial charge in [-0.15, -0.1) is 0 Å². The second-order valence-corrected chi connectivity index (χ2v) is 6.84. The van der Waals surface area contributed by atoms with E-state index in [-0.39, 0.29) is 5.56 Å². The van der Waals surface area contributed by atoms with Gasteiger partial charge in [-0.25, -0.2) is 0 Å².